The number of allylic oxidation sites excluding steroid dienone is 2. The van der Waals surface area contributed by atoms with Crippen LogP contribution in [0.1, 0.15) is 38.7 Å². The van der Waals surface area contributed by atoms with Gasteiger partial charge >= 0.3 is 0 Å². The molecule has 0 heterocycles. The van der Waals surface area contributed by atoms with Crippen LogP contribution in [-0.2, 0) is 6.42 Å². The Bertz CT molecular complexity index is 271. The summed E-state index contributed by atoms with van der Waals surface area (Å²) in [7, 11) is 0. The molecule has 0 nitrogen and oxygen atoms in total. The minimum atomic E-state index is 0.741. The molecule has 1 aromatic rings. The highest BCUT2D eigenvalue weighted by atomic mass is 14.0. The summed E-state index contributed by atoms with van der Waals surface area (Å²) in [5.41, 5.74) is 1.44. The Hall–Kier alpha value is -1.04. The predicted molar refractivity (Wildman–Crippen MR) is 68.0 cm³/mol. The third kappa shape index (κ3) is 5.41. The van der Waals surface area contributed by atoms with E-state index in [0.29, 0.717) is 0 Å². The molecule has 1 atom stereocenters. The molecule has 0 fully saturated rings. The van der Waals surface area contributed by atoms with Gasteiger partial charge in [0.15, 0.2) is 0 Å². The van der Waals surface area contributed by atoms with Crippen molar-refractivity contribution in [3.8, 4) is 0 Å². The van der Waals surface area contributed by atoms with Gasteiger partial charge in [0.1, 0.15) is 0 Å². The summed E-state index contributed by atoms with van der Waals surface area (Å²) in [6.07, 6.45) is 9.60. The molecule has 0 aromatic heterocycles. The Kier molecular flexibility index (Phi) is 5.84. The van der Waals surface area contributed by atoms with Gasteiger partial charge in [0, 0.05) is 0 Å². The SMILES string of the molecule is CCCC(C)/C=C/CCc1ccccc1. The normalized spacial score (nSPS) is 13.2. The summed E-state index contributed by atoms with van der Waals surface area (Å²) < 4.78 is 0. The molecule has 1 rings (SSSR count). The van der Waals surface area contributed by atoms with Gasteiger partial charge in [-0.3, -0.25) is 0 Å². The maximum atomic E-state index is 2.35. The quantitative estimate of drug-likeness (QED) is 0.591. The lowest BCUT2D eigenvalue weighted by molar-refractivity contribution is 0.632. The third-order valence-electron chi connectivity index (χ3n) is 2.65. The van der Waals surface area contributed by atoms with E-state index in [-0.39, 0.29) is 0 Å². The van der Waals surface area contributed by atoms with Gasteiger partial charge in [0.05, 0.1) is 0 Å². The first-order chi connectivity index (χ1) is 7.33. The molecule has 0 heteroatoms. The largest absolute Gasteiger partial charge is 0.0879 e. The van der Waals surface area contributed by atoms with Crippen molar-refractivity contribution in [2.75, 3.05) is 0 Å². The predicted octanol–water partition coefficient (Wildman–Crippen LogP) is 4.61. The van der Waals surface area contributed by atoms with Gasteiger partial charge in [-0.2, -0.15) is 0 Å². The van der Waals surface area contributed by atoms with Crippen molar-refractivity contribution in [2.45, 2.75) is 39.5 Å². The Morgan fingerprint density at radius 2 is 1.93 bits per heavy atom. The third-order valence-corrected chi connectivity index (χ3v) is 2.65. The van der Waals surface area contributed by atoms with Crippen molar-refractivity contribution in [2.24, 2.45) is 5.92 Å². The summed E-state index contributed by atoms with van der Waals surface area (Å²) in [6, 6.07) is 10.7. The van der Waals surface area contributed by atoms with Gasteiger partial charge < -0.3 is 0 Å². The maximum absolute atomic E-state index is 2.35. The van der Waals surface area contributed by atoms with E-state index in [9.17, 15) is 0 Å². The minimum Gasteiger partial charge on any atom is -0.0879 e. The average molecular weight is 202 g/mol. The monoisotopic (exact) mass is 202 g/mol. The van der Waals surface area contributed by atoms with E-state index < -0.39 is 0 Å². The van der Waals surface area contributed by atoms with Crippen molar-refractivity contribution in [3.63, 3.8) is 0 Å². The first kappa shape index (κ1) is 12.0. The van der Waals surface area contributed by atoms with Gasteiger partial charge in [0.25, 0.3) is 0 Å². The lowest BCUT2D eigenvalue weighted by Gasteiger charge is -2.02. The standard InChI is InChI=1S/C15H22/c1-3-9-14(2)10-7-8-13-15-11-5-4-6-12-15/h4-7,10-12,14H,3,8-9,13H2,1-2H3/b10-7+. The van der Waals surface area contributed by atoms with Crippen LogP contribution in [0.4, 0.5) is 0 Å². The topological polar surface area (TPSA) is 0 Å². The maximum Gasteiger partial charge on any atom is -0.0244 e. The van der Waals surface area contributed by atoms with Crippen molar-refractivity contribution >= 4 is 0 Å². The molecule has 0 N–H and O–H groups in total. The molecule has 0 saturated heterocycles. The number of hydrogen-bond acceptors (Lipinski definition) is 0. The zero-order chi connectivity index (χ0) is 10.9. The fraction of sp³-hybridized carbons (Fsp3) is 0.467. The Morgan fingerprint density at radius 1 is 1.20 bits per heavy atom. The van der Waals surface area contributed by atoms with E-state index in [1.54, 1.807) is 0 Å². The molecule has 15 heavy (non-hydrogen) atoms. The highest BCUT2D eigenvalue weighted by Gasteiger charge is 1.93. The molecule has 0 aliphatic rings. The smallest absolute Gasteiger partial charge is 0.0244 e. The summed E-state index contributed by atoms with van der Waals surface area (Å²) in [5.74, 6) is 0.741. The molecule has 82 valence electrons. The molecular formula is C15H22. The lowest BCUT2D eigenvalue weighted by atomic mass is 10.0. The number of rotatable bonds is 6. The van der Waals surface area contributed by atoms with Gasteiger partial charge in [-0.25, -0.2) is 0 Å². The second kappa shape index (κ2) is 7.28. The first-order valence-corrected chi connectivity index (χ1v) is 6.03. The van der Waals surface area contributed by atoms with E-state index >= 15 is 0 Å². The molecule has 1 aromatic carbocycles. The van der Waals surface area contributed by atoms with Crippen molar-refractivity contribution in [1.29, 1.82) is 0 Å². The van der Waals surface area contributed by atoms with Gasteiger partial charge in [-0.15, -0.1) is 0 Å². The van der Waals surface area contributed by atoms with E-state index in [4.69, 9.17) is 0 Å². The van der Waals surface area contributed by atoms with Crippen LogP contribution >= 0.6 is 0 Å². The van der Waals surface area contributed by atoms with Crippen molar-refractivity contribution < 1.29 is 0 Å². The van der Waals surface area contributed by atoms with Crippen LogP contribution in [0, 0.1) is 5.92 Å². The molecule has 0 amide bonds. The summed E-state index contributed by atoms with van der Waals surface area (Å²) in [4.78, 5) is 0. The zero-order valence-corrected chi connectivity index (χ0v) is 9.95. The lowest BCUT2D eigenvalue weighted by Crippen LogP contribution is -1.88. The van der Waals surface area contributed by atoms with Crippen LogP contribution in [0.3, 0.4) is 0 Å². The van der Waals surface area contributed by atoms with E-state index in [1.807, 2.05) is 0 Å². The molecular weight excluding hydrogens is 180 g/mol. The van der Waals surface area contributed by atoms with Crippen LogP contribution < -0.4 is 0 Å². The number of benzene rings is 1. The highest BCUT2D eigenvalue weighted by Crippen LogP contribution is 2.08. The van der Waals surface area contributed by atoms with Crippen LogP contribution in [0.25, 0.3) is 0 Å². The molecule has 0 aliphatic carbocycles. The number of hydrogen-bond donors (Lipinski definition) is 0. The van der Waals surface area contributed by atoms with Crippen LogP contribution in [0.5, 0.6) is 0 Å². The summed E-state index contributed by atoms with van der Waals surface area (Å²) in [6.45, 7) is 4.54. The fourth-order valence-electron chi connectivity index (χ4n) is 1.77. The molecule has 0 bridgehead atoms. The second-order valence-electron chi connectivity index (χ2n) is 4.22. The van der Waals surface area contributed by atoms with Crippen molar-refractivity contribution in [3.05, 3.63) is 48.0 Å². The van der Waals surface area contributed by atoms with Crippen LogP contribution in [-0.4, -0.2) is 0 Å². The average Bonchev–Trinajstić information content (AvgIpc) is 2.26. The minimum absolute atomic E-state index is 0.741. The van der Waals surface area contributed by atoms with Gasteiger partial charge in [-0.1, -0.05) is 62.8 Å². The van der Waals surface area contributed by atoms with Crippen LogP contribution in [0.15, 0.2) is 42.5 Å². The molecule has 0 radical (unpaired) electrons. The Morgan fingerprint density at radius 3 is 2.60 bits per heavy atom. The van der Waals surface area contributed by atoms with Crippen LogP contribution in [0.2, 0.25) is 0 Å². The molecule has 0 saturated carbocycles. The van der Waals surface area contributed by atoms with Gasteiger partial charge in [0.2, 0.25) is 0 Å². The summed E-state index contributed by atoms with van der Waals surface area (Å²) >= 11 is 0. The molecule has 0 aliphatic heterocycles. The fourth-order valence-corrected chi connectivity index (χ4v) is 1.77. The van der Waals surface area contributed by atoms with E-state index in [1.165, 1.54) is 18.4 Å². The number of aryl methyl sites for hydroxylation is 1. The Balaban J connectivity index is 2.21. The molecule has 0 spiro atoms. The van der Waals surface area contributed by atoms with E-state index in [0.717, 1.165) is 18.8 Å². The first-order valence-electron chi connectivity index (χ1n) is 6.03. The second-order valence-corrected chi connectivity index (χ2v) is 4.22. The Labute approximate surface area is 94.0 Å². The molecule has 1 unspecified atom stereocenters. The van der Waals surface area contributed by atoms with Gasteiger partial charge in [-0.05, 0) is 30.7 Å². The highest BCUT2D eigenvalue weighted by molar-refractivity contribution is 5.15. The van der Waals surface area contributed by atoms with E-state index in [2.05, 4.69) is 56.3 Å². The summed E-state index contributed by atoms with van der Waals surface area (Å²) in [5, 5.41) is 0. The van der Waals surface area contributed by atoms with Crippen molar-refractivity contribution in [1.82, 2.24) is 0 Å². The zero-order valence-electron chi connectivity index (χ0n) is 9.95.